The van der Waals surface area contributed by atoms with Gasteiger partial charge >= 0.3 is 0 Å². The number of aromatic nitrogens is 3. The van der Waals surface area contributed by atoms with E-state index in [1.807, 2.05) is 31.2 Å². The van der Waals surface area contributed by atoms with Gasteiger partial charge in [-0.1, -0.05) is 24.3 Å². The second-order valence-electron chi connectivity index (χ2n) is 5.46. The Morgan fingerprint density at radius 2 is 2.14 bits per heavy atom. The molecule has 1 aromatic heterocycles. The highest BCUT2D eigenvalue weighted by molar-refractivity contribution is 5.94. The van der Waals surface area contributed by atoms with Crippen LogP contribution < -0.4 is 5.32 Å². The summed E-state index contributed by atoms with van der Waals surface area (Å²) in [6.45, 7) is 1.96. The summed E-state index contributed by atoms with van der Waals surface area (Å²) in [7, 11) is 0. The van der Waals surface area contributed by atoms with Crippen molar-refractivity contribution in [3.63, 3.8) is 0 Å². The van der Waals surface area contributed by atoms with Crippen molar-refractivity contribution in [1.82, 2.24) is 20.5 Å². The molecule has 0 unspecified atom stereocenters. The maximum Gasteiger partial charge on any atom is 0.251 e. The minimum absolute atomic E-state index is 0.0139. The van der Waals surface area contributed by atoms with Gasteiger partial charge in [0, 0.05) is 29.7 Å². The summed E-state index contributed by atoms with van der Waals surface area (Å²) < 4.78 is 0. The first-order valence-corrected chi connectivity index (χ1v) is 7.25. The summed E-state index contributed by atoms with van der Waals surface area (Å²) in [5.41, 5.74) is 1.46. The van der Waals surface area contributed by atoms with Gasteiger partial charge in [0.25, 0.3) is 5.91 Å². The van der Waals surface area contributed by atoms with Crippen LogP contribution in [0.25, 0.3) is 11.4 Å². The number of hydrogen-bond acceptors (Lipinski definition) is 4. The quantitative estimate of drug-likeness (QED) is 0.745. The summed E-state index contributed by atoms with van der Waals surface area (Å²) in [5.74, 6) is 1.39. The molecule has 3 N–H and O–H groups in total. The van der Waals surface area contributed by atoms with E-state index >= 15 is 0 Å². The first-order chi connectivity index (χ1) is 10.7. The van der Waals surface area contributed by atoms with Crippen LogP contribution in [0.5, 0.6) is 0 Å². The molecule has 6 nitrogen and oxygen atoms in total. The second kappa shape index (κ2) is 6.11. The molecule has 0 radical (unpaired) electrons. The number of aromatic amines is 1. The highest BCUT2D eigenvalue weighted by Crippen LogP contribution is 2.18. The minimum atomic E-state index is -0.119. The molecule has 1 aliphatic rings. The molecule has 114 valence electrons. The van der Waals surface area contributed by atoms with Crippen molar-refractivity contribution >= 4 is 5.91 Å². The fourth-order valence-electron chi connectivity index (χ4n) is 2.51. The van der Waals surface area contributed by atoms with Gasteiger partial charge in [0.1, 0.15) is 5.82 Å². The van der Waals surface area contributed by atoms with E-state index in [0.717, 1.165) is 17.8 Å². The fourth-order valence-corrected chi connectivity index (χ4v) is 2.51. The van der Waals surface area contributed by atoms with Gasteiger partial charge in [-0.3, -0.25) is 9.89 Å². The Labute approximate surface area is 128 Å². The molecule has 0 fully saturated rings. The molecule has 1 heterocycles. The molecule has 0 aliphatic heterocycles. The molecular weight excluding hydrogens is 280 g/mol. The van der Waals surface area contributed by atoms with Crippen molar-refractivity contribution < 1.29 is 9.90 Å². The summed E-state index contributed by atoms with van der Waals surface area (Å²) in [4.78, 5) is 16.5. The molecule has 0 saturated carbocycles. The number of aliphatic hydroxyl groups is 1. The van der Waals surface area contributed by atoms with E-state index < -0.39 is 0 Å². The summed E-state index contributed by atoms with van der Waals surface area (Å²) >= 11 is 0. The fraction of sp³-hybridized carbons (Fsp3) is 0.312. The number of nitrogens with zero attached hydrogens (tertiary/aromatic N) is 2. The van der Waals surface area contributed by atoms with E-state index in [9.17, 15) is 4.79 Å². The molecule has 2 aromatic rings. The molecular formula is C16H18N4O2. The lowest BCUT2D eigenvalue weighted by atomic mass is 10.1. The molecule has 22 heavy (non-hydrogen) atoms. The van der Waals surface area contributed by atoms with Crippen LogP contribution in [0.4, 0.5) is 0 Å². The van der Waals surface area contributed by atoms with Crippen molar-refractivity contribution in [2.75, 3.05) is 6.61 Å². The lowest BCUT2D eigenvalue weighted by Crippen LogP contribution is -2.32. The van der Waals surface area contributed by atoms with Gasteiger partial charge in [0.15, 0.2) is 5.82 Å². The number of carbonyl (C=O) groups is 1. The summed E-state index contributed by atoms with van der Waals surface area (Å²) in [5, 5.41) is 18.9. The number of nitrogens with one attached hydrogen (secondary N) is 2. The summed E-state index contributed by atoms with van der Waals surface area (Å²) in [6.07, 6.45) is 4.62. The smallest absolute Gasteiger partial charge is 0.251 e. The van der Waals surface area contributed by atoms with Crippen LogP contribution in [0.15, 0.2) is 36.4 Å². The van der Waals surface area contributed by atoms with Gasteiger partial charge in [0.05, 0.1) is 0 Å². The Bertz CT molecular complexity index is 690. The lowest BCUT2D eigenvalue weighted by Gasteiger charge is -2.12. The highest BCUT2D eigenvalue weighted by atomic mass is 16.3. The molecule has 3 rings (SSSR count). The van der Waals surface area contributed by atoms with Crippen molar-refractivity contribution in [2.24, 2.45) is 5.92 Å². The van der Waals surface area contributed by atoms with E-state index in [-0.39, 0.29) is 24.5 Å². The largest absolute Gasteiger partial charge is 0.396 e. The molecule has 1 aromatic carbocycles. The van der Waals surface area contributed by atoms with E-state index in [2.05, 4.69) is 20.5 Å². The van der Waals surface area contributed by atoms with Gasteiger partial charge in [0.2, 0.25) is 0 Å². The molecule has 0 spiro atoms. The molecule has 0 bridgehead atoms. The molecule has 1 amide bonds. The maximum atomic E-state index is 12.2. The molecule has 6 heteroatoms. The Morgan fingerprint density at radius 3 is 2.73 bits per heavy atom. The van der Waals surface area contributed by atoms with Crippen molar-refractivity contribution in [1.29, 1.82) is 0 Å². The predicted octanol–water partition coefficient (Wildman–Crippen LogP) is 1.45. The second-order valence-corrected chi connectivity index (χ2v) is 5.46. The SMILES string of the molecule is Cc1nc(-c2ccc(C(=O)N[C@@H]3C=C[C@H](CO)C3)cc2)n[nH]1. The molecule has 1 aliphatic carbocycles. The normalized spacial score (nSPS) is 20.3. The third-order valence-electron chi connectivity index (χ3n) is 3.73. The Balaban J connectivity index is 1.65. The maximum absolute atomic E-state index is 12.2. The van der Waals surface area contributed by atoms with Crippen LogP contribution in [0.3, 0.4) is 0 Å². The highest BCUT2D eigenvalue weighted by Gasteiger charge is 2.20. The predicted molar refractivity (Wildman–Crippen MR) is 82.1 cm³/mol. The van der Waals surface area contributed by atoms with Gasteiger partial charge in [-0.2, -0.15) is 5.10 Å². The van der Waals surface area contributed by atoms with Crippen molar-refractivity contribution in [2.45, 2.75) is 19.4 Å². The Kier molecular flexibility index (Phi) is 4.02. The van der Waals surface area contributed by atoms with E-state index in [1.54, 1.807) is 12.1 Å². The molecule has 0 saturated heterocycles. The third-order valence-corrected chi connectivity index (χ3v) is 3.73. The number of carbonyl (C=O) groups excluding carboxylic acids is 1. The monoisotopic (exact) mass is 298 g/mol. The number of aryl methyl sites for hydroxylation is 1. The first kappa shape index (κ1) is 14.5. The van der Waals surface area contributed by atoms with Crippen LogP contribution in [-0.2, 0) is 0 Å². The van der Waals surface area contributed by atoms with E-state index in [0.29, 0.717) is 11.4 Å². The summed E-state index contributed by atoms with van der Waals surface area (Å²) in [6, 6.07) is 7.17. The number of H-pyrrole nitrogens is 1. The first-order valence-electron chi connectivity index (χ1n) is 7.25. The number of hydrogen-bond donors (Lipinski definition) is 3. The zero-order chi connectivity index (χ0) is 15.5. The van der Waals surface area contributed by atoms with Crippen LogP contribution in [0, 0.1) is 12.8 Å². The number of amides is 1. The van der Waals surface area contributed by atoms with E-state index in [1.165, 1.54) is 0 Å². The zero-order valence-corrected chi connectivity index (χ0v) is 12.3. The van der Waals surface area contributed by atoms with Crippen LogP contribution in [0.1, 0.15) is 22.6 Å². The van der Waals surface area contributed by atoms with Gasteiger partial charge in [-0.25, -0.2) is 4.98 Å². The van der Waals surface area contributed by atoms with Crippen LogP contribution in [-0.4, -0.2) is 38.8 Å². The van der Waals surface area contributed by atoms with Gasteiger partial charge in [-0.15, -0.1) is 0 Å². The van der Waals surface area contributed by atoms with Gasteiger partial charge in [-0.05, 0) is 25.5 Å². The standard InChI is InChI=1S/C16H18N4O2/c1-10-17-15(20-19-10)12-3-5-13(6-4-12)16(22)18-14-7-2-11(8-14)9-21/h2-7,11,14,21H,8-9H2,1H3,(H,18,22)(H,17,19,20)/t11-,14+/m0/s1. The van der Waals surface area contributed by atoms with Gasteiger partial charge < -0.3 is 10.4 Å². The third kappa shape index (κ3) is 3.07. The average Bonchev–Trinajstić information content (AvgIpc) is 3.16. The van der Waals surface area contributed by atoms with Crippen LogP contribution >= 0.6 is 0 Å². The zero-order valence-electron chi connectivity index (χ0n) is 12.3. The average molecular weight is 298 g/mol. The van der Waals surface area contributed by atoms with Crippen LogP contribution in [0.2, 0.25) is 0 Å². The Morgan fingerprint density at radius 1 is 1.36 bits per heavy atom. The van der Waals surface area contributed by atoms with Crippen molar-refractivity contribution in [3.8, 4) is 11.4 Å². The topological polar surface area (TPSA) is 90.9 Å². The Hall–Kier alpha value is -2.47. The van der Waals surface area contributed by atoms with Crippen molar-refractivity contribution in [3.05, 3.63) is 47.8 Å². The number of benzene rings is 1. The molecule has 2 atom stereocenters. The number of rotatable bonds is 4. The number of aliphatic hydroxyl groups excluding tert-OH is 1. The van der Waals surface area contributed by atoms with E-state index in [4.69, 9.17) is 5.11 Å². The lowest BCUT2D eigenvalue weighted by molar-refractivity contribution is 0.0941. The minimum Gasteiger partial charge on any atom is -0.396 e.